The first-order valence-electron chi connectivity index (χ1n) is 8.58. The van der Waals surface area contributed by atoms with Gasteiger partial charge in [0.25, 0.3) is 16.4 Å². The fourth-order valence-corrected chi connectivity index (χ4v) is 4.53. The highest BCUT2D eigenvalue weighted by molar-refractivity contribution is 7.92. The first-order valence-corrected chi connectivity index (χ1v) is 10.9. The zero-order valence-electron chi connectivity index (χ0n) is 16.1. The molecule has 0 amide bonds. The lowest BCUT2D eigenvalue weighted by molar-refractivity contribution is 0.102. The van der Waals surface area contributed by atoms with Crippen LogP contribution in [0.5, 0.6) is 11.5 Å². The summed E-state index contributed by atoms with van der Waals surface area (Å²) >= 11 is 1.11. The maximum absolute atomic E-state index is 13.7. The molecule has 0 radical (unpaired) electrons. The molecule has 1 atom stereocenters. The van der Waals surface area contributed by atoms with Crippen molar-refractivity contribution >= 4 is 27.0 Å². The summed E-state index contributed by atoms with van der Waals surface area (Å²) in [4.78, 5) is 4.13. The van der Waals surface area contributed by atoms with Gasteiger partial charge in [-0.2, -0.15) is 12.8 Å². The number of methoxy groups -OCH3 is 1. The minimum atomic E-state index is -4.02. The van der Waals surface area contributed by atoms with E-state index >= 15 is 0 Å². The van der Waals surface area contributed by atoms with Crippen LogP contribution < -0.4 is 14.2 Å². The number of rotatable bonds is 8. The third-order valence-corrected chi connectivity index (χ3v) is 6.18. The van der Waals surface area contributed by atoms with Gasteiger partial charge in [0, 0.05) is 17.0 Å². The van der Waals surface area contributed by atoms with E-state index in [0.29, 0.717) is 10.6 Å². The number of halogens is 2. The number of anilines is 1. The van der Waals surface area contributed by atoms with Gasteiger partial charge in [0.2, 0.25) is 0 Å². The number of hydrogen-bond donors (Lipinski definition) is 1. The van der Waals surface area contributed by atoms with Gasteiger partial charge in [-0.25, -0.2) is 9.37 Å². The lowest BCUT2D eigenvalue weighted by Crippen LogP contribution is -2.14. The Kier molecular flexibility index (Phi) is 6.37. The van der Waals surface area contributed by atoms with Crippen LogP contribution in [0.2, 0.25) is 0 Å². The number of ether oxygens (including phenoxy) is 2. The molecule has 30 heavy (non-hydrogen) atoms. The van der Waals surface area contributed by atoms with Gasteiger partial charge in [0.15, 0.2) is 5.03 Å². The van der Waals surface area contributed by atoms with E-state index in [1.54, 1.807) is 0 Å². The van der Waals surface area contributed by atoms with E-state index in [1.807, 2.05) is 0 Å². The average Bonchev–Trinajstić information content (AvgIpc) is 3.20. The third-order valence-electron chi connectivity index (χ3n) is 3.89. The summed E-state index contributed by atoms with van der Waals surface area (Å²) in [7, 11) is -2.68. The molecular weight excluding hydrogens is 434 g/mol. The summed E-state index contributed by atoms with van der Waals surface area (Å²) in [5.74, 6) is -0.108. The van der Waals surface area contributed by atoms with E-state index in [0.717, 1.165) is 11.3 Å². The highest BCUT2D eigenvalue weighted by atomic mass is 32.2. The smallest absolute Gasteiger partial charge is 0.280 e. The van der Waals surface area contributed by atoms with Crippen molar-refractivity contribution < 1.29 is 26.7 Å². The van der Waals surface area contributed by atoms with E-state index in [1.165, 1.54) is 61.9 Å². The number of thiazole rings is 1. The topological polar surface area (TPSA) is 77.5 Å². The van der Waals surface area contributed by atoms with Gasteiger partial charge < -0.3 is 9.47 Å². The minimum absolute atomic E-state index is 0.131. The van der Waals surface area contributed by atoms with Crippen LogP contribution in [0.1, 0.15) is 6.92 Å². The number of nitrogens with zero attached hydrogens (tertiary/aromatic N) is 1. The second-order valence-electron chi connectivity index (χ2n) is 6.25. The predicted molar refractivity (Wildman–Crippen MR) is 112 cm³/mol. The van der Waals surface area contributed by atoms with Crippen molar-refractivity contribution in [3.63, 3.8) is 0 Å². The Bertz CT molecular complexity index is 1160. The molecule has 1 aromatic heterocycles. The van der Waals surface area contributed by atoms with Crippen LogP contribution in [-0.2, 0) is 10.0 Å². The second-order valence-corrected chi connectivity index (χ2v) is 8.73. The normalized spacial score (nSPS) is 12.3. The molecule has 2 aromatic carbocycles. The first-order chi connectivity index (χ1) is 14.2. The van der Waals surface area contributed by atoms with Crippen molar-refractivity contribution in [3.05, 3.63) is 65.8 Å². The Balaban J connectivity index is 1.83. The maximum Gasteiger partial charge on any atom is 0.280 e. The molecule has 0 aliphatic carbocycles. The molecule has 0 saturated heterocycles. The number of aromatic nitrogens is 1. The average molecular weight is 453 g/mol. The summed E-state index contributed by atoms with van der Waals surface area (Å²) in [6, 6.07) is 9.73. The van der Waals surface area contributed by atoms with Gasteiger partial charge in [-0.3, -0.25) is 4.72 Å². The van der Waals surface area contributed by atoms with E-state index in [2.05, 4.69) is 16.3 Å². The molecular formula is C20H18F2N2O4S2. The van der Waals surface area contributed by atoms with Crippen molar-refractivity contribution in [2.24, 2.45) is 0 Å². The van der Waals surface area contributed by atoms with Crippen molar-refractivity contribution in [1.82, 2.24) is 4.98 Å². The van der Waals surface area contributed by atoms with Crippen LogP contribution in [0.15, 0.2) is 65.0 Å². The number of hydrogen-bond acceptors (Lipinski definition) is 6. The lowest BCUT2D eigenvalue weighted by Gasteiger charge is -2.15. The number of alkyl halides is 1. The van der Waals surface area contributed by atoms with Gasteiger partial charge in [-0.05, 0) is 48.9 Å². The molecule has 0 saturated carbocycles. The van der Waals surface area contributed by atoms with Crippen molar-refractivity contribution in [2.75, 3.05) is 11.8 Å². The SMILES string of the molecule is C=C(C)C(F)Oc1ccc(NS(=O)(=O)c2csc(-c3ccc(F)cc3)n2)c(OC)c1. The molecule has 158 valence electrons. The summed E-state index contributed by atoms with van der Waals surface area (Å²) in [6.45, 7) is 4.96. The fraction of sp³-hybridized carbons (Fsp3) is 0.150. The highest BCUT2D eigenvalue weighted by Crippen LogP contribution is 2.33. The standard InChI is InChI=1S/C20H18F2N2O4S2/c1-12(2)19(22)28-15-8-9-16(17(10-15)27-3)24-30(25,26)18-11-29-20(23-18)13-4-6-14(21)7-5-13/h4-11,19,24H,1H2,2-3H3. The Morgan fingerprint density at radius 2 is 1.93 bits per heavy atom. The largest absolute Gasteiger partial charge is 0.494 e. The molecule has 1 unspecified atom stereocenters. The Morgan fingerprint density at radius 1 is 1.23 bits per heavy atom. The van der Waals surface area contributed by atoms with E-state index < -0.39 is 22.2 Å². The van der Waals surface area contributed by atoms with Gasteiger partial charge in [-0.1, -0.05) is 6.58 Å². The van der Waals surface area contributed by atoms with Crippen LogP contribution >= 0.6 is 11.3 Å². The van der Waals surface area contributed by atoms with Crippen LogP contribution in [0.4, 0.5) is 14.5 Å². The Morgan fingerprint density at radius 3 is 2.57 bits per heavy atom. The molecule has 1 N–H and O–H groups in total. The zero-order chi connectivity index (χ0) is 21.9. The number of sulfonamides is 1. The fourth-order valence-electron chi connectivity index (χ4n) is 2.35. The number of nitrogens with one attached hydrogen (secondary N) is 1. The summed E-state index contributed by atoms with van der Waals surface area (Å²) in [6.07, 6.45) is -1.70. The quantitative estimate of drug-likeness (QED) is 0.486. The number of benzene rings is 2. The molecule has 0 fully saturated rings. The second kappa shape index (κ2) is 8.80. The van der Waals surface area contributed by atoms with Crippen LogP contribution in [0, 0.1) is 5.82 Å². The molecule has 10 heteroatoms. The van der Waals surface area contributed by atoms with E-state index in [4.69, 9.17) is 9.47 Å². The van der Waals surface area contributed by atoms with E-state index in [9.17, 15) is 17.2 Å². The van der Waals surface area contributed by atoms with E-state index in [-0.39, 0.29) is 27.8 Å². The molecule has 6 nitrogen and oxygen atoms in total. The van der Waals surface area contributed by atoms with Gasteiger partial charge in [-0.15, -0.1) is 11.3 Å². The summed E-state index contributed by atoms with van der Waals surface area (Å²) < 4.78 is 64.9. The molecule has 0 bridgehead atoms. The van der Waals surface area contributed by atoms with Gasteiger partial charge >= 0.3 is 0 Å². The van der Waals surface area contributed by atoms with Crippen LogP contribution in [0.3, 0.4) is 0 Å². The van der Waals surface area contributed by atoms with Crippen molar-refractivity contribution in [1.29, 1.82) is 0 Å². The predicted octanol–water partition coefficient (Wildman–Crippen LogP) is 5.01. The zero-order valence-corrected chi connectivity index (χ0v) is 17.7. The minimum Gasteiger partial charge on any atom is -0.494 e. The molecule has 0 aliphatic rings. The molecule has 0 aliphatic heterocycles. The molecule has 1 heterocycles. The monoisotopic (exact) mass is 452 g/mol. The van der Waals surface area contributed by atoms with Gasteiger partial charge in [0.1, 0.15) is 22.3 Å². The Hall–Kier alpha value is -2.98. The molecule has 3 aromatic rings. The van der Waals surface area contributed by atoms with Gasteiger partial charge in [0.05, 0.1) is 12.8 Å². The Labute approximate surface area is 176 Å². The molecule has 0 spiro atoms. The third kappa shape index (κ3) is 4.95. The summed E-state index contributed by atoms with van der Waals surface area (Å²) in [5, 5.41) is 1.62. The first kappa shape index (κ1) is 21.7. The summed E-state index contributed by atoms with van der Waals surface area (Å²) in [5.41, 5.74) is 0.923. The molecule has 3 rings (SSSR count). The van der Waals surface area contributed by atoms with Crippen molar-refractivity contribution in [2.45, 2.75) is 18.3 Å². The highest BCUT2D eigenvalue weighted by Gasteiger charge is 2.21. The van der Waals surface area contributed by atoms with Crippen LogP contribution in [-0.4, -0.2) is 26.9 Å². The maximum atomic E-state index is 13.7. The van der Waals surface area contributed by atoms with Crippen LogP contribution in [0.25, 0.3) is 10.6 Å². The van der Waals surface area contributed by atoms with Crippen molar-refractivity contribution in [3.8, 4) is 22.1 Å². The lowest BCUT2D eigenvalue weighted by atomic mass is 10.2.